The van der Waals surface area contributed by atoms with E-state index < -0.39 is 11.2 Å². The summed E-state index contributed by atoms with van der Waals surface area (Å²) in [6.07, 6.45) is 1.79. The van der Waals surface area contributed by atoms with Crippen LogP contribution in [0.2, 0.25) is 0 Å². The number of esters is 1. The van der Waals surface area contributed by atoms with Gasteiger partial charge in [0.05, 0.1) is 12.7 Å². The Labute approximate surface area is 136 Å². The van der Waals surface area contributed by atoms with Crippen LogP contribution in [0.3, 0.4) is 0 Å². The summed E-state index contributed by atoms with van der Waals surface area (Å²) in [7, 11) is 1.31. The lowest BCUT2D eigenvalue weighted by Gasteiger charge is -2.09. The van der Waals surface area contributed by atoms with Crippen LogP contribution in [-0.4, -0.2) is 29.0 Å². The molecule has 2 rings (SSSR count). The van der Waals surface area contributed by atoms with Crippen molar-refractivity contribution in [2.24, 2.45) is 0 Å². The zero-order chi connectivity index (χ0) is 17.5. The summed E-state index contributed by atoms with van der Waals surface area (Å²) >= 11 is 0. The molecule has 1 heterocycles. The van der Waals surface area contributed by atoms with Crippen molar-refractivity contribution in [2.75, 3.05) is 7.11 Å². The molecule has 0 saturated carbocycles. The van der Waals surface area contributed by atoms with E-state index in [1.54, 1.807) is 24.3 Å². The molecule has 2 aromatic rings. The minimum atomic E-state index is -0.608. The first-order valence-electron chi connectivity index (χ1n) is 7.25. The van der Waals surface area contributed by atoms with Crippen LogP contribution in [0.4, 0.5) is 0 Å². The fraction of sp³-hybridized carbons (Fsp3) is 0.250. The molecule has 1 aromatic heterocycles. The lowest BCUT2D eigenvalue weighted by atomic mass is 10.0. The molecule has 0 unspecified atom stereocenters. The quantitative estimate of drug-likeness (QED) is 0.648. The Hall–Kier alpha value is -3.16. The minimum Gasteiger partial charge on any atom is -0.469 e. The van der Waals surface area contributed by atoms with Crippen molar-refractivity contribution in [3.8, 4) is 0 Å². The summed E-state index contributed by atoms with van der Waals surface area (Å²) in [5.74, 6) is -0.731. The van der Waals surface area contributed by atoms with Gasteiger partial charge in [0.1, 0.15) is 0 Å². The van der Waals surface area contributed by atoms with Crippen LogP contribution in [0.25, 0.3) is 0 Å². The third-order valence-electron chi connectivity index (χ3n) is 3.42. The number of aromatic nitrogens is 2. The molecule has 0 fully saturated rings. The molecule has 0 spiro atoms. The largest absolute Gasteiger partial charge is 0.469 e. The average Bonchev–Trinajstić information content (AvgIpc) is 2.58. The van der Waals surface area contributed by atoms with E-state index in [0.717, 1.165) is 0 Å². The van der Waals surface area contributed by atoms with Gasteiger partial charge in [-0.1, -0.05) is 18.2 Å². The van der Waals surface area contributed by atoms with E-state index in [-0.39, 0.29) is 30.4 Å². The highest BCUT2D eigenvalue weighted by atomic mass is 16.5. The van der Waals surface area contributed by atoms with Gasteiger partial charge in [-0.3, -0.25) is 19.4 Å². The van der Waals surface area contributed by atoms with Crippen LogP contribution in [0.15, 0.2) is 40.1 Å². The van der Waals surface area contributed by atoms with E-state index in [0.29, 0.717) is 17.5 Å². The standard InChI is InChI=1S/C16H17N3O5/c1-24-13(20)7-6-10-4-2-3-5-12(10)15(22)17-8-11-9-18-16(23)19-14(11)21/h2-5,9H,6-8H2,1H3,(H,17,22)(H2,18,19,21,23). The molecule has 126 valence electrons. The first-order chi connectivity index (χ1) is 11.5. The lowest BCUT2D eigenvalue weighted by molar-refractivity contribution is -0.140. The molecule has 0 radical (unpaired) electrons. The number of hydrogen-bond donors (Lipinski definition) is 3. The molecule has 0 aliphatic carbocycles. The molecular weight excluding hydrogens is 314 g/mol. The van der Waals surface area contributed by atoms with Crippen molar-refractivity contribution >= 4 is 11.9 Å². The first kappa shape index (κ1) is 17.2. The molecule has 0 aliphatic heterocycles. The third-order valence-corrected chi connectivity index (χ3v) is 3.42. The number of rotatable bonds is 6. The summed E-state index contributed by atoms with van der Waals surface area (Å²) in [5.41, 5.74) is 0.189. The second-order valence-electron chi connectivity index (χ2n) is 5.01. The molecule has 3 N–H and O–H groups in total. The molecule has 1 amide bonds. The minimum absolute atomic E-state index is 0.0315. The number of aryl methyl sites for hydroxylation is 1. The van der Waals surface area contributed by atoms with Crippen molar-refractivity contribution in [2.45, 2.75) is 19.4 Å². The van der Waals surface area contributed by atoms with Crippen LogP contribution in [0, 0.1) is 0 Å². The van der Waals surface area contributed by atoms with Crippen molar-refractivity contribution < 1.29 is 14.3 Å². The second-order valence-corrected chi connectivity index (χ2v) is 5.01. The zero-order valence-corrected chi connectivity index (χ0v) is 13.0. The third kappa shape index (κ3) is 4.42. The topological polar surface area (TPSA) is 121 Å². The Balaban J connectivity index is 2.08. The highest BCUT2D eigenvalue weighted by Gasteiger charge is 2.12. The van der Waals surface area contributed by atoms with Gasteiger partial charge in [0.2, 0.25) is 0 Å². The van der Waals surface area contributed by atoms with E-state index in [1.165, 1.54) is 13.3 Å². The molecule has 0 aliphatic rings. The number of aromatic amines is 2. The van der Waals surface area contributed by atoms with Gasteiger partial charge in [-0.15, -0.1) is 0 Å². The van der Waals surface area contributed by atoms with Crippen LogP contribution in [-0.2, 0) is 22.5 Å². The van der Waals surface area contributed by atoms with Crippen LogP contribution >= 0.6 is 0 Å². The lowest BCUT2D eigenvalue weighted by Crippen LogP contribution is -2.30. The Morgan fingerprint density at radius 2 is 1.92 bits per heavy atom. The Morgan fingerprint density at radius 3 is 2.62 bits per heavy atom. The molecular formula is C16H17N3O5. The molecule has 8 nitrogen and oxygen atoms in total. The Bertz CT molecular complexity index is 853. The maximum Gasteiger partial charge on any atom is 0.325 e. The SMILES string of the molecule is COC(=O)CCc1ccccc1C(=O)NCc1c[nH]c(=O)[nH]c1=O. The van der Waals surface area contributed by atoms with Gasteiger partial charge in [-0.2, -0.15) is 0 Å². The molecule has 0 atom stereocenters. The van der Waals surface area contributed by atoms with Crippen molar-refractivity contribution in [1.29, 1.82) is 0 Å². The smallest absolute Gasteiger partial charge is 0.325 e. The van der Waals surface area contributed by atoms with Gasteiger partial charge in [-0.05, 0) is 18.1 Å². The molecule has 0 saturated heterocycles. The highest BCUT2D eigenvalue weighted by Crippen LogP contribution is 2.11. The fourth-order valence-electron chi connectivity index (χ4n) is 2.14. The number of benzene rings is 1. The predicted octanol–water partition coefficient (Wildman–Crippen LogP) is 0.0988. The normalized spacial score (nSPS) is 10.2. The van der Waals surface area contributed by atoms with Crippen LogP contribution < -0.4 is 16.6 Å². The van der Waals surface area contributed by atoms with E-state index in [2.05, 4.69) is 20.0 Å². The van der Waals surface area contributed by atoms with Gasteiger partial charge in [0, 0.05) is 24.7 Å². The van der Waals surface area contributed by atoms with E-state index in [4.69, 9.17) is 0 Å². The van der Waals surface area contributed by atoms with Crippen molar-refractivity contribution in [3.05, 3.63) is 68.0 Å². The van der Waals surface area contributed by atoms with E-state index >= 15 is 0 Å². The van der Waals surface area contributed by atoms with Crippen molar-refractivity contribution in [1.82, 2.24) is 15.3 Å². The van der Waals surface area contributed by atoms with Gasteiger partial charge >= 0.3 is 11.7 Å². The fourth-order valence-corrected chi connectivity index (χ4v) is 2.14. The zero-order valence-electron chi connectivity index (χ0n) is 13.0. The number of amides is 1. The number of ether oxygens (including phenoxy) is 1. The van der Waals surface area contributed by atoms with Gasteiger partial charge < -0.3 is 15.0 Å². The summed E-state index contributed by atoms with van der Waals surface area (Å²) in [6, 6.07) is 6.88. The molecule has 24 heavy (non-hydrogen) atoms. The number of carbonyl (C=O) groups is 2. The maximum absolute atomic E-state index is 12.3. The summed E-state index contributed by atoms with van der Waals surface area (Å²) < 4.78 is 4.59. The molecule has 0 bridgehead atoms. The van der Waals surface area contributed by atoms with Crippen LogP contribution in [0.1, 0.15) is 27.9 Å². The number of nitrogens with one attached hydrogen (secondary N) is 3. The van der Waals surface area contributed by atoms with Crippen LogP contribution in [0.5, 0.6) is 0 Å². The number of methoxy groups -OCH3 is 1. The number of H-pyrrole nitrogens is 2. The summed E-state index contributed by atoms with van der Waals surface area (Å²) in [5, 5.41) is 2.62. The highest BCUT2D eigenvalue weighted by molar-refractivity contribution is 5.95. The van der Waals surface area contributed by atoms with Crippen molar-refractivity contribution in [3.63, 3.8) is 0 Å². The first-order valence-corrected chi connectivity index (χ1v) is 7.25. The van der Waals surface area contributed by atoms with Gasteiger partial charge in [0.25, 0.3) is 11.5 Å². The number of hydrogen-bond acceptors (Lipinski definition) is 5. The predicted molar refractivity (Wildman–Crippen MR) is 85.6 cm³/mol. The average molecular weight is 331 g/mol. The summed E-state index contributed by atoms with van der Waals surface area (Å²) in [4.78, 5) is 50.5. The Kier molecular flexibility index (Phi) is 5.67. The maximum atomic E-state index is 12.3. The molecule has 1 aromatic carbocycles. The summed E-state index contributed by atoms with van der Waals surface area (Å²) in [6.45, 7) is -0.0315. The Morgan fingerprint density at radius 1 is 1.17 bits per heavy atom. The van der Waals surface area contributed by atoms with Gasteiger partial charge in [-0.25, -0.2) is 4.79 Å². The van der Waals surface area contributed by atoms with E-state index in [9.17, 15) is 19.2 Å². The number of carbonyl (C=O) groups excluding carboxylic acids is 2. The van der Waals surface area contributed by atoms with Gasteiger partial charge in [0.15, 0.2) is 0 Å². The monoisotopic (exact) mass is 331 g/mol. The second kappa shape index (κ2) is 7.91. The van der Waals surface area contributed by atoms with E-state index in [1.807, 2.05) is 0 Å². The molecule has 8 heteroatoms.